The van der Waals surface area contributed by atoms with Crippen molar-refractivity contribution in [3.63, 3.8) is 0 Å². The first kappa shape index (κ1) is 19.5. The van der Waals surface area contributed by atoms with Gasteiger partial charge in [0, 0.05) is 28.6 Å². The van der Waals surface area contributed by atoms with E-state index in [2.05, 4.69) is 12.1 Å². The van der Waals surface area contributed by atoms with Crippen LogP contribution in [0.25, 0.3) is 11.0 Å². The quantitative estimate of drug-likeness (QED) is 0.589. The van der Waals surface area contributed by atoms with Crippen LogP contribution < -0.4 is 24.9 Å². The summed E-state index contributed by atoms with van der Waals surface area (Å²) in [6.07, 6.45) is 0. The molecule has 1 saturated heterocycles. The summed E-state index contributed by atoms with van der Waals surface area (Å²) in [6, 6.07) is 15.7. The van der Waals surface area contributed by atoms with E-state index >= 15 is 0 Å². The summed E-state index contributed by atoms with van der Waals surface area (Å²) >= 11 is 0. The number of fused-ring (bicyclic) bond motifs is 1. The SMILES string of the molecule is COc1ccc(C[NH+]2CC[NH+](Cc3cc(=O)oc4cc(OC)ccc34)CC2)cc1. The third kappa shape index (κ3) is 4.60. The predicted molar refractivity (Wildman–Crippen MR) is 111 cm³/mol. The number of piperazine rings is 1. The lowest BCUT2D eigenvalue weighted by atomic mass is 10.1. The molecule has 0 spiro atoms. The molecule has 1 aromatic heterocycles. The van der Waals surface area contributed by atoms with Gasteiger partial charge in [0.15, 0.2) is 0 Å². The summed E-state index contributed by atoms with van der Waals surface area (Å²) in [4.78, 5) is 15.1. The van der Waals surface area contributed by atoms with Gasteiger partial charge >= 0.3 is 5.63 Å². The fraction of sp³-hybridized carbons (Fsp3) is 0.348. The molecule has 2 heterocycles. The first-order chi connectivity index (χ1) is 14.1. The summed E-state index contributed by atoms with van der Waals surface area (Å²) in [7, 11) is 3.31. The van der Waals surface area contributed by atoms with Crippen LogP contribution in [-0.4, -0.2) is 40.4 Å². The summed E-state index contributed by atoms with van der Waals surface area (Å²) in [6.45, 7) is 6.29. The summed E-state index contributed by atoms with van der Waals surface area (Å²) in [5.74, 6) is 1.59. The summed E-state index contributed by atoms with van der Waals surface area (Å²) in [5.41, 5.74) is 2.68. The van der Waals surface area contributed by atoms with E-state index in [-0.39, 0.29) is 5.63 Å². The maximum atomic E-state index is 12.0. The first-order valence-corrected chi connectivity index (χ1v) is 10.1. The fourth-order valence-electron chi connectivity index (χ4n) is 4.10. The van der Waals surface area contributed by atoms with Crippen LogP contribution in [0.4, 0.5) is 0 Å². The highest BCUT2D eigenvalue weighted by Gasteiger charge is 2.24. The van der Waals surface area contributed by atoms with Crippen molar-refractivity contribution in [2.75, 3.05) is 40.4 Å². The molecule has 152 valence electrons. The maximum Gasteiger partial charge on any atom is 0.336 e. The van der Waals surface area contributed by atoms with Crippen molar-refractivity contribution in [2.24, 2.45) is 0 Å². The molecule has 2 aromatic carbocycles. The zero-order chi connectivity index (χ0) is 20.2. The molecule has 0 bridgehead atoms. The van der Waals surface area contributed by atoms with Crippen molar-refractivity contribution in [2.45, 2.75) is 13.1 Å². The van der Waals surface area contributed by atoms with Crippen molar-refractivity contribution in [1.82, 2.24) is 0 Å². The topological polar surface area (TPSA) is 57.6 Å². The van der Waals surface area contributed by atoms with Crippen molar-refractivity contribution in [3.05, 3.63) is 70.1 Å². The van der Waals surface area contributed by atoms with Crippen molar-refractivity contribution >= 4 is 11.0 Å². The molecule has 2 N–H and O–H groups in total. The molecule has 1 aliphatic rings. The Balaban J connectivity index is 1.40. The summed E-state index contributed by atoms with van der Waals surface area (Å²) < 4.78 is 15.9. The van der Waals surface area contributed by atoms with Crippen LogP contribution in [0.5, 0.6) is 11.5 Å². The molecule has 0 saturated carbocycles. The lowest BCUT2D eigenvalue weighted by Crippen LogP contribution is -3.27. The fourth-order valence-corrected chi connectivity index (χ4v) is 4.10. The Labute approximate surface area is 170 Å². The van der Waals surface area contributed by atoms with Gasteiger partial charge in [0.2, 0.25) is 0 Å². The second-order valence-corrected chi connectivity index (χ2v) is 7.65. The molecule has 0 unspecified atom stereocenters. The standard InChI is InChI=1S/C23H26N2O4/c1-27-19-5-3-17(4-6-19)15-24-9-11-25(12-10-24)16-18-13-23(26)29-22-14-20(28-2)7-8-21(18)22/h3-8,13-14H,9-12,15-16H2,1-2H3/p+2. The molecule has 6 heteroatoms. The molecular weight excluding hydrogens is 368 g/mol. The van der Waals surface area contributed by atoms with Crippen LogP contribution in [0, 0.1) is 0 Å². The van der Waals surface area contributed by atoms with Gasteiger partial charge in [-0.3, -0.25) is 0 Å². The van der Waals surface area contributed by atoms with Gasteiger partial charge < -0.3 is 23.7 Å². The Morgan fingerprint density at radius 2 is 1.45 bits per heavy atom. The Bertz CT molecular complexity index is 1020. The first-order valence-electron chi connectivity index (χ1n) is 10.1. The van der Waals surface area contributed by atoms with E-state index in [4.69, 9.17) is 13.9 Å². The molecule has 29 heavy (non-hydrogen) atoms. The minimum atomic E-state index is -0.302. The van der Waals surface area contributed by atoms with Crippen LogP contribution in [0.1, 0.15) is 11.1 Å². The Kier molecular flexibility index (Phi) is 5.83. The lowest BCUT2D eigenvalue weighted by Gasteiger charge is -2.30. The lowest BCUT2D eigenvalue weighted by molar-refractivity contribution is -1.02. The molecule has 0 amide bonds. The zero-order valence-corrected chi connectivity index (χ0v) is 17.0. The van der Waals surface area contributed by atoms with Gasteiger partial charge in [0.05, 0.1) is 14.2 Å². The normalized spacial score (nSPS) is 19.2. The molecule has 4 rings (SSSR count). The highest BCUT2D eigenvalue weighted by molar-refractivity contribution is 5.81. The van der Waals surface area contributed by atoms with Crippen LogP contribution in [-0.2, 0) is 13.1 Å². The van der Waals surface area contributed by atoms with Gasteiger partial charge in [-0.25, -0.2) is 4.79 Å². The third-order valence-electron chi connectivity index (χ3n) is 5.76. The minimum absolute atomic E-state index is 0.302. The van der Waals surface area contributed by atoms with E-state index in [0.717, 1.165) is 56.0 Å². The number of nitrogens with one attached hydrogen (secondary N) is 2. The molecule has 0 aliphatic carbocycles. The Morgan fingerprint density at radius 1 is 0.828 bits per heavy atom. The number of benzene rings is 2. The third-order valence-corrected chi connectivity index (χ3v) is 5.76. The second-order valence-electron chi connectivity index (χ2n) is 7.65. The smallest absolute Gasteiger partial charge is 0.336 e. The average molecular weight is 396 g/mol. The molecule has 0 radical (unpaired) electrons. The largest absolute Gasteiger partial charge is 0.497 e. The molecule has 6 nitrogen and oxygen atoms in total. The Morgan fingerprint density at radius 3 is 2.10 bits per heavy atom. The number of hydrogen-bond donors (Lipinski definition) is 2. The molecule has 0 atom stereocenters. The average Bonchev–Trinajstić information content (AvgIpc) is 2.75. The highest BCUT2D eigenvalue weighted by atomic mass is 16.5. The second kappa shape index (κ2) is 8.68. The highest BCUT2D eigenvalue weighted by Crippen LogP contribution is 2.22. The van der Waals surface area contributed by atoms with E-state index in [1.54, 1.807) is 31.3 Å². The molecular formula is C23H28N2O4+2. The molecule has 1 fully saturated rings. The van der Waals surface area contributed by atoms with E-state index < -0.39 is 0 Å². The van der Waals surface area contributed by atoms with E-state index in [0.29, 0.717) is 11.3 Å². The van der Waals surface area contributed by atoms with Gasteiger partial charge in [-0.2, -0.15) is 0 Å². The number of quaternary nitrogens is 2. The van der Waals surface area contributed by atoms with Crippen molar-refractivity contribution in [1.29, 1.82) is 0 Å². The number of rotatable bonds is 6. The zero-order valence-electron chi connectivity index (χ0n) is 17.0. The van der Waals surface area contributed by atoms with Gasteiger partial charge in [-0.1, -0.05) is 0 Å². The van der Waals surface area contributed by atoms with Crippen molar-refractivity contribution < 1.29 is 23.7 Å². The molecule has 1 aliphatic heterocycles. The van der Waals surface area contributed by atoms with Crippen LogP contribution in [0.2, 0.25) is 0 Å². The molecule has 3 aromatic rings. The van der Waals surface area contributed by atoms with Crippen LogP contribution in [0.3, 0.4) is 0 Å². The summed E-state index contributed by atoms with van der Waals surface area (Å²) in [5, 5.41) is 0.992. The number of hydrogen-bond acceptors (Lipinski definition) is 4. The van der Waals surface area contributed by atoms with Gasteiger partial charge in [0.25, 0.3) is 0 Å². The van der Waals surface area contributed by atoms with Gasteiger partial charge in [0.1, 0.15) is 56.4 Å². The van der Waals surface area contributed by atoms with E-state index in [1.165, 1.54) is 10.5 Å². The van der Waals surface area contributed by atoms with Gasteiger partial charge in [-0.05, 0) is 36.4 Å². The number of methoxy groups -OCH3 is 2. The predicted octanol–water partition coefficient (Wildman–Crippen LogP) is 0.294. The maximum absolute atomic E-state index is 12.0. The monoisotopic (exact) mass is 396 g/mol. The minimum Gasteiger partial charge on any atom is -0.497 e. The van der Waals surface area contributed by atoms with Gasteiger partial charge in [-0.15, -0.1) is 0 Å². The van der Waals surface area contributed by atoms with E-state index in [1.807, 2.05) is 24.3 Å². The Hall–Kier alpha value is -2.83. The van der Waals surface area contributed by atoms with E-state index in [9.17, 15) is 4.79 Å². The van der Waals surface area contributed by atoms with Crippen LogP contribution in [0.15, 0.2) is 57.7 Å². The van der Waals surface area contributed by atoms with Crippen molar-refractivity contribution in [3.8, 4) is 11.5 Å². The number of ether oxygens (including phenoxy) is 2. The van der Waals surface area contributed by atoms with Crippen LogP contribution >= 0.6 is 0 Å².